The molecule has 3 heteroatoms. The van der Waals surface area contributed by atoms with E-state index in [1.54, 1.807) is 36.4 Å². The van der Waals surface area contributed by atoms with Gasteiger partial charge in [0.1, 0.15) is 5.75 Å². The standard InChI is InChI=1S/C17H16ClO2/c1-17(2,3)13-5-4-6-15(11-13)20-16(19)12-7-9-14(18)10-8-12/h4,6-11H,1-3H3. The highest BCUT2D eigenvalue weighted by molar-refractivity contribution is 6.30. The van der Waals surface area contributed by atoms with Crippen molar-refractivity contribution in [3.63, 3.8) is 0 Å². The van der Waals surface area contributed by atoms with Crippen LogP contribution in [0.4, 0.5) is 0 Å². The van der Waals surface area contributed by atoms with Crippen LogP contribution >= 0.6 is 11.6 Å². The SMILES string of the molecule is CC(C)(C)c1[c]ccc(OC(=O)c2ccc(Cl)cc2)c1. The minimum atomic E-state index is -0.396. The predicted octanol–water partition coefficient (Wildman–Crippen LogP) is 4.66. The third-order valence-corrected chi connectivity index (χ3v) is 3.12. The summed E-state index contributed by atoms with van der Waals surface area (Å²) in [5.41, 5.74) is 1.43. The third-order valence-electron chi connectivity index (χ3n) is 2.87. The molecule has 20 heavy (non-hydrogen) atoms. The van der Waals surface area contributed by atoms with Crippen molar-refractivity contribution in [1.29, 1.82) is 0 Å². The second-order valence-corrected chi connectivity index (χ2v) is 6.02. The van der Waals surface area contributed by atoms with Crippen LogP contribution in [0.2, 0.25) is 5.02 Å². The topological polar surface area (TPSA) is 26.3 Å². The zero-order valence-electron chi connectivity index (χ0n) is 11.7. The van der Waals surface area contributed by atoms with Crippen LogP contribution in [0.1, 0.15) is 36.7 Å². The molecule has 103 valence electrons. The molecule has 0 atom stereocenters. The lowest BCUT2D eigenvalue weighted by molar-refractivity contribution is 0.0734. The summed E-state index contributed by atoms with van der Waals surface area (Å²) in [6.45, 7) is 6.26. The molecule has 0 amide bonds. The number of ether oxygens (including phenoxy) is 1. The molecule has 0 bridgehead atoms. The highest BCUT2D eigenvalue weighted by Crippen LogP contribution is 2.25. The summed E-state index contributed by atoms with van der Waals surface area (Å²) in [6.07, 6.45) is 0. The molecule has 0 aliphatic rings. The van der Waals surface area contributed by atoms with Crippen molar-refractivity contribution < 1.29 is 9.53 Å². The summed E-state index contributed by atoms with van der Waals surface area (Å²) in [6, 6.07) is 15.1. The second-order valence-electron chi connectivity index (χ2n) is 5.58. The Morgan fingerprint density at radius 1 is 1.15 bits per heavy atom. The quantitative estimate of drug-likeness (QED) is 0.593. The smallest absolute Gasteiger partial charge is 0.343 e. The van der Waals surface area contributed by atoms with Crippen molar-refractivity contribution in [3.8, 4) is 5.75 Å². The van der Waals surface area contributed by atoms with Gasteiger partial charge in [0.15, 0.2) is 0 Å². The van der Waals surface area contributed by atoms with Crippen molar-refractivity contribution in [2.45, 2.75) is 26.2 Å². The van der Waals surface area contributed by atoms with Gasteiger partial charge in [-0.05, 0) is 53.4 Å². The Balaban J connectivity index is 2.18. The lowest BCUT2D eigenvalue weighted by Crippen LogP contribution is -2.13. The minimum Gasteiger partial charge on any atom is -0.423 e. The van der Waals surface area contributed by atoms with Crippen LogP contribution in [0.25, 0.3) is 0 Å². The maximum atomic E-state index is 12.0. The van der Waals surface area contributed by atoms with E-state index < -0.39 is 5.97 Å². The Bertz CT molecular complexity index is 610. The number of hydrogen-bond acceptors (Lipinski definition) is 2. The molecule has 0 N–H and O–H groups in total. The Hall–Kier alpha value is -1.80. The van der Waals surface area contributed by atoms with Crippen LogP contribution in [0.5, 0.6) is 5.75 Å². The van der Waals surface area contributed by atoms with E-state index in [1.165, 1.54) is 0 Å². The maximum Gasteiger partial charge on any atom is 0.343 e. The Morgan fingerprint density at radius 2 is 1.80 bits per heavy atom. The van der Waals surface area contributed by atoms with E-state index in [9.17, 15) is 4.79 Å². The molecule has 0 saturated carbocycles. The van der Waals surface area contributed by atoms with Gasteiger partial charge in [-0.1, -0.05) is 38.4 Å². The van der Waals surface area contributed by atoms with E-state index in [-0.39, 0.29) is 5.41 Å². The summed E-state index contributed by atoms with van der Waals surface area (Å²) >= 11 is 5.79. The zero-order chi connectivity index (χ0) is 14.8. The molecule has 2 aromatic rings. The number of halogens is 1. The summed E-state index contributed by atoms with van der Waals surface area (Å²) in [7, 11) is 0. The molecule has 0 saturated heterocycles. The van der Waals surface area contributed by atoms with Gasteiger partial charge in [0.05, 0.1) is 5.56 Å². The summed E-state index contributed by atoms with van der Waals surface area (Å²) in [5.74, 6) is 0.126. The van der Waals surface area contributed by atoms with Gasteiger partial charge in [0.2, 0.25) is 0 Å². The molecule has 0 spiro atoms. The van der Waals surface area contributed by atoms with Gasteiger partial charge in [-0.3, -0.25) is 0 Å². The Morgan fingerprint density at radius 3 is 2.40 bits per heavy atom. The third kappa shape index (κ3) is 3.61. The van der Waals surface area contributed by atoms with Gasteiger partial charge in [-0.25, -0.2) is 4.79 Å². The number of rotatable bonds is 2. The average Bonchev–Trinajstić information content (AvgIpc) is 2.38. The van der Waals surface area contributed by atoms with E-state index in [1.807, 2.05) is 6.07 Å². The van der Waals surface area contributed by atoms with E-state index >= 15 is 0 Å². The zero-order valence-corrected chi connectivity index (χ0v) is 12.5. The van der Waals surface area contributed by atoms with Crippen LogP contribution in [-0.2, 0) is 5.41 Å². The molecule has 0 unspecified atom stereocenters. The van der Waals surface area contributed by atoms with E-state index in [0.717, 1.165) is 5.56 Å². The number of carbonyl (C=O) groups excluding carboxylic acids is 1. The molecule has 2 rings (SSSR count). The lowest BCUT2D eigenvalue weighted by Gasteiger charge is -2.19. The highest BCUT2D eigenvalue weighted by Gasteiger charge is 2.15. The van der Waals surface area contributed by atoms with Crippen molar-refractivity contribution in [1.82, 2.24) is 0 Å². The van der Waals surface area contributed by atoms with Gasteiger partial charge in [-0.2, -0.15) is 0 Å². The number of esters is 1. The molecule has 0 aromatic heterocycles. The highest BCUT2D eigenvalue weighted by atomic mass is 35.5. The molecule has 0 heterocycles. The second kappa shape index (κ2) is 5.68. The van der Waals surface area contributed by atoms with Gasteiger partial charge in [0.25, 0.3) is 0 Å². The maximum absolute atomic E-state index is 12.0. The van der Waals surface area contributed by atoms with Gasteiger partial charge < -0.3 is 4.74 Å². The summed E-state index contributed by atoms with van der Waals surface area (Å²) < 4.78 is 5.37. The predicted molar refractivity (Wildman–Crippen MR) is 80.4 cm³/mol. The molecule has 0 aliphatic carbocycles. The largest absolute Gasteiger partial charge is 0.423 e. The van der Waals surface area contributed by atoms with E-state index in [0.29, 0.717) is 16.3 Å². The normalized spacial score (nSPS) is 11.2. The van der Waals surface area contributed by atoms with Crippen LogP contribution < -0.4 is 4.74 Å². The number of carbonyl (C=O) groups is 1. The first-order chi connectivity index (χ1) is 9.36. The molecular weight excluding hydrogens is 272 g/mol. The first kappa shape index (κ1) is 14.6. The lowest BCUT2D eigenvalue weighted by atomic mass is 9.87. The molecule has 0 fully saturated rings. The minimum absolute atomic E-state index is 0.0390. The molecule has 2 aromatic carbocycles. The van der Waals surface area contributed by atoms with Crippen molar-refractivity contribution in [3.05, 3.63) is 64.7 Å². The van der Waals surface area contributed by atoms with Crippen molar-refractivity contribution >= 4 is 17.6 Å². The van der Waals surface area contributed by atoms with Crippen LogP contribution in [-0.4, -0.2) is 5.97 Å². The number of benzene rings is 2. The Labute approximate surface area is 124 Å². The number of hydrogen-bond donors (Lipinski definition) is 0. The molecule has 0 aliphatic heterocycles. The summed E-state index contributed by atoms with van der Waals surface area (Å²) in [5, 5.41) is 0.589. The molecule has 1 radical (unpaired) electrons. The fourth-order valence-electron chi connectivity index (χ4n) is 1.69. The van der Waals surface area contributed by atoms with Crippen LogP contribution in [0.3, 0.4) is 0 Å². The van der Waals surface area contributed by atoms with Crippen LogP contribution in [0.15, 0.2) is 42.5 Å². The van der Waals surface area contributed by atoms with E-state index in [2.05, 4.69) is 26.8 Å². The summed E-state index contributed by atoms with van der Waals surface area (Å²) in [4.78, 5) is 12.0. The monoisotopic (exact) mass is 287 g/mol. The van der Waals surface area contributed by atoms with Crippen LogP contribution in [0, 0.1) is 6.07 Å². The fourth-order valence-corrected chi connectivity index (χ4v) is 1.82. The van der Waals surface area contributed by atoms with Crippen molar-refractivity contribution in [2.24, 2.45) is 0 Å². The fraction of sp³-hybridized carbons (Fsp3) is 0.235. The Kier molecular flexibility index (Phi) is 4.15. The first-order valence-electron chi connectivity index (χ1n) is 6.36. The first-order valence-corrected chi connectivity index (χ1v) is 6.74. The molecule has 2 nitrogen and oxygen atoms in total. The van der Waals surface area contributed by atoms with Crippen molar-refractivity contribution in [2.75, 3.05) is 0 Å². The van der Waals surface area contributed by atoms with Gasteiger partial charge >= 0.3 is 5.97 Å². The average molecular weight is 288 g/mol. The van der Waals surface area contributed by atoms with Gasteiger partial charge in [0, 0.05) is 5.02 Å². The van der Waals surface area contributed by atoms with Gasteiger partial charge in [-0.15, -0.1) is 0 Å². The van der Waals surface area contributed by atoms with E-state index in [4.69, 9.17) is 16.3 Å². The molecular formula is C17H16ClO2.